The fraction of sp³-hybridized carbons (Fsp3) is 0.375. The molecule has 2 aromatic carbocycles. The van der Waals surface area contributed by atoms with Crippen LogP contribution in [0.25, 0.3) is 22.5 Å². The van der Waals surface area contributed by atoms with Crippen molar-refractivity contribution in [2.24, 2.45) is 0 Å². The molecule has 1 aliphatic rings. The van der Waals surface area contributed by atoms with Crippen LogP contribution < -0.4 is 0 Å². The van der Waals surface area contributed by atoms with Crippen LogP contribution in [-0.2, 0) is 11.3 Å². The minimum absolute atomic E-state index is 0.0588. The number of aromatic amines is 1. The second-order valence-electron chi connectivity index (χ2n) is 8.05. The molecular formula is C24H28N6O2. The van der Waals surface area contributed by atoms with Crippen LogP contribution in [0.1, 0.15) is 45.1 Å². The van der Waals surface area contributed by atoms with E-state index < -0.39 is 0 Å². The van der Waals surface area contributed by atoms with Gasteiger partial charge in [-0.1, -0.05) is 75.2 Å². The lowest BCUT2D eigenvalue weighted by molar-refractivity contribution is -0.128. The van der Waals surface area contributed by atoms with Crippen molar-refractivity contribution < 1.29 is 9.59 Å². The maximum atomic E-state index is 13.0. The maximum Gasteiger partial charge on any atom is 0.327 e. The predicted octanol–water partition coefficient (Wildman–Crippen LogP) is 4.27. The molecule has 166 valence electrons. The molecule has 0 radical (unpaired) electrons. The third-order valence-electron chi connectivity index (χ3n) is 5.83. The number of nitrogens with one attached hydrogen (secondary N) is 1. The van der Waals surface area contributed by atoms with Gasteiger partial charge in [-0.05, 0) is 40.0 Å². The summed E-state index contributed by atoms with van der Waals surface area (Å²) in [5, 5.41) is 14.2. The number of H-pyrrole nitrogens is 1. The first-order valence-electron chi connectivity index (χ1n) is 11.2. The van der Waals surface area contributed by atoms with Crippen molar-refractivity contribution in [1.29, 1.82) is 0 Å². The van der Waals surface area contributed by atoms with E-state index in [1.807, 2.05) is 55.5 Å². The van der Waals surface area contributed by atoms with Gasteiger partial charge in [0.15, 0.2) is 5.82 Å². The normalized spacial score (nSPS) is 16.2. The van der Waals surface area contributed by atoms with Crippen molar-refractivity contribution in [3.8, 4) is 22.5 Å². The summed E-state index contributed by atoms with van der Waals surface area (Å²) >= 11 is 0. The number of carbonyl (C=O) groups excluding carboxylic acids is 2. The highest BCUT2D eigenvalue weighted by atomic mass is 16.2. The third-order valence-corrected chi connectivity index (χ3v) is 5.83. The van der Waals surface area contributed by atoms with Crippen LogP contribution in [0.15, 0.2) is 48.5 Å². The lowest BCUT2D eigenvalue weighted by Gasteiger charge is -2.22. The zero-order valence-corrected chi connectivity index (χ0v) is 18.5. The Morgan fingerprint density at radius 3 is 2.38 bits per heavy atom. The van der Waals surface area contributed by atoms with Gasteiger partial charge in [0.25, 0.3) is 5.91 Å². The second kappa shape index (κ2) is 9.72. The zero-order chi connectivity index (χ0) is 22.5. The average molecular weight is 433 g/mol. The van der Waals surface area contributed by atoms with E-state index in [0.717, 1.165) is 41.5 Å². The molecule has 4 rings (SSSR count). The maximum absolute atomic E-state index is 13.0. The Balaban J connectivity index is 1.56. The zero-order valence-electron chi connectivity index (χ0n) is 18.5. The molecule has 1 saturated heterocycles. The molecule has 1 atom stereocenters. The monoisotopic (exact) mass is 432 g/mol. The quantitative estimate of drug-likeness (QED) is 0.510. The molecule has 8 nitrogen and oxygen atoms in total. The summed E-state index contributed by atoms with van der Waals surface area (Å²) in [6.07, 6.45) is 3.39. The number of urea groups is 1. The summed E-state index contributed by atoms with van der Waals surface area (Å²) in [5.74, 6) is 0.553. The molecule has 2 heterocycles. The van der Waals surface area contributed by atoms with E-state index in [9.17, 15) is 9.59 Å². The molecule has 8 heteroatoms. The number of rotatable bonds is 9. The van der Waals surface area contributed by atoms with E-state index >= 15 is 0 Å². The van der Waals surface area contributed by atoms with Crippen LogP contribution in [0, 0.1) is 0 Å². The van der Waals surface area contributed by atoms with Crippen LogP contribution in [0.3, 0.4) is 0 Å². The van der Waals surface area contributed by atoms with E-state index in [4.69, 9.17) is 0 Å². The van der Waals surface area contributed by atoms with E-state index in [0.29, 0.717) is 25.3 Å². The summed E-state index contributed by atoms with van der Waals surface area (Å²) in [6, 6.07) is 15.5. The molecule has 1 aromatic heterocycles. The number of aromatic nitrogens is 4. The van der Waals surface area contributed by atoms with Crippen molar-refractivity contribution in [3.05, 3.63) is 54.1 Å². The molecule has 1 unspecified atom stereocenters. The number of imide groups is 1. The third kappa shape index (κ3) is 4.26. The first-order chi connectivity index (χ1) is 15.6. The molecule has 1 aliphatic heterocycles. The van der Waals surface area contributed by atoms with Crippen molar-refractivity contribution in [1.82, 2.24) is 30.4 Å². The fourth-order valence-electron chi connectivity index (χ4n) is 4.18. The van der Waals surface area contributed by atoms with E-state index in [2.05, 4.69) is 27.5 Å². The topological polar surface area (TPSA) is 95.1 Å². The van der Waals surface area contributed by atoms with Crippen molar-refractivity contribution in [2.45, 2.75) is 52.1 Å². The number of tetrazole rings is 1. The lowest BCUT2D eigenvalue weighted by Crippen LogP contribution is -2.34. The molecular weight excluding hydrogens is 404 g/mol. The van der Waals surface area contributed by atoms with Crippen LogP contribution in [0.5, 0.6) is 0 Å². The summed E-state index contributed by atoms with van der Waals surface area (Å²) < 4.78 is 0. The van der Waals surface area contributed by atoms with Crippen molar-refractivity contribution >= 4 is 11.9 Å². The minimum Gasteiger partial charge on any atom is -0.308 e. The summed E-state index contributed by atoms with van der Waals surface area (Å²) in [5.41, 5.74) is 3.95. The van der Waals surface area contributed by atoms with Gasteiger partial charge in [0.1, 0.15) is 6.04 Å². The van der Waals surface area contributed by atoms with Gasteiger partial charge in [-0.15, -0.1) is 5.10 Å². The van der Waals surface area contributed by atoms with Gasteiger partial charge >= 0.3 is 6.03 Å². The number of unbranched alkanes of at least 4 members (excludes halogenated alkanes) is 1. The van der Waals surface area contributed by atoms with E-state index in [1.54, 1.807) is 4.90 Å². The van der Waals surface area contributed by atoms with Crippen LogP contribution in [0.2, 0.25) is 0 Å². The average Bonchev–Trinajstić information content (AvgIpc) is 3.43. The van der Waals surface area contributed by atoms with Crippen LogP contribution in [-0.4, -0.2) is 54.9 Å². The molecule has 0 spiro atoms. The van der Waals surface area contributed by atoms with E-state index in [-0.39, 0.29) is 18.0 Å². The highest BCUT2D eigenvalue weighted by molar-refractivity contribution is 6.04. The van der Waals surface area contributed by atoms with Gasteiger partial charge in [0.2, 0.25) is 0 Å². The molecule has 0 saturated carbocycles. The molecule has 3 aromatic rings. The Bertz CT molecular complexity index is 1060. The first-order valence-corrected chi connectivity index (χ1v) is 11.2. The Morgan fingerprint density at radius 2 is 1.72 bits per heavy atom. The molecule has 32 heavy (non-hydrogen) atoms. The largest absolute Gasteiger partial charge is 0.327 e. The summed E-state index contributed by atoms with van der Waals surface area (Å²) in [4.78, 5) is 28.9. The number of amides is 3. The standard InChI is InChI=1S/C24H28N6O2/c1-3-5-10-21-23(31)29(15-4-2)24(32)30(21)16-17-11-13-18(14-12-17)19-8-6-7-9-20(19)22-25-27-28-26-22/h6-9,11-14,21H,3-5,10,15-16H2,1-2H3,(H,25,26,27,28). The van der Waals surface area contributed by atoms with E-state index in [1.165, 1.54) is 4.90 Å². The number of nitrogens with zero attached hydrogens (tertiary/aromatic N) is 5. The van der Waals surface area contributed by atoms with Gasteiger partial charge in [0, 0.05) is 18.7 Å². The van der Waals surface area contributed by atoms with Gasteiger partial charge < -0.3 is 4.90 Å². The number of hydrogen-bond donors (Lipinski definition) is 1. The Morgan fingerprint density at radius 1 is 0.969 bits per heavy atom. The Labute approximate surface area is 187 Å². The Hall–Kier alpha value is -3.55. The fourth-order valence-corrected chi connectivity index (χ4v) is 4.18. The van der Waals surface area contributed by atoms with Gasteiger partial charge in [-0.3, -0.25) is 9.69 Å². The van der Waals surface area contributed by atoms with Crippen LogP contribution >= 0.6 is 0 Å². The van der Waals surface area contributed by atoms with Crippen molar-refractivity contribution in [3.63, 3.8) is 0 Å². The van der Waals surface area contributed by atoms with Gasteiger partial charge in [-0.2, -0.15) is 0 Å². The van der Waals surface area contributed by atoms with Crippen molar-refractivity contribution in [2.75, 3.05) is 6.54 Å². The number of carbonyl (C=O) groups is 2. The van der Waals surface area contributed by atoms with Crippen LogP contribution in [0.4, 0.5) is 4.79 Å². The molecule has 1 N–H and O–H groups in total. The summed E-state index contributed by atoms with van der Waals surface area (Å²) in [7, 11) is 0. The predicted molar refractivity (Wildman–Crippen MR) is 121 cm³/mol. The molecule has 1 fully saturated rings. The van der Waals surface area contributed by atoms with Gasteiger partial charge in [-0.25, -0.2) is 9.89 Å². The molecule has 0 bridgehead atoms. The molecule has 0 aliphatic carbocycles. The minimum atomic E-state index is -0.367. The molecule has 3 amide bonds. The number of hydrogen-bond acceptors (Lipinski definition) is 5. The Kier molecular flexibility index (Phi) is 6.58. The first kappa shape index (κ1) is 21.7. The lowest BCUT2D eigenvalue weighted by atomic mass is 9.98. The highest BCUT2D eigenvalue weighted by Crippen LogP contribution is 2.30. The SMILES string of the molecule is CCCCC1C(=O)N(CCC)C(=O)N1Cc1ccc(-c2ccccc2-c2nnn[nH]2)cc1. The van der Waals surface area contributed by atoms with Gasteiger partial charge in [0.05, 0.1) is 0 Å². The smallest absolute Gasteiger partial charge is 0.308 e. The number of benzene rings is 2. The summed E-state index contributed by atoms with van der Waals surface area (Å²) in [6.45, 7) is 4.98. The highest BCUT2D eigenvalue weighted by Gasteiger charge is 2.43. The second-order valence-corrected chi connectivity index (χ2v) is 8.05.